The van der Waals surface area contributed by atoms with Crippen LogP contribution < -0.4 is 4.90 Å². The Bertz CT molecular complexity index is 418. The van der Waals surface area contributed by atoms with E-state index in [2.05, 4.69) is 4.98 Å². The maximum Gasteiger partial charge on any atom is 0.405 e. The van der Waals surface area contributed by atoms with Crippen LogP contribution in [0.2, 0.25) is 0 Å². The van der Waals surface area contributed by atoms with Gasteiger partial charge in [-0.05, 0) is 25.5 Å². The lowest BCUT2D eigenvalue weighted by atomic mass is 10.2. The molecule has 0 spiro atoms. The van der Waals surface area contributed by atoms with Crippen molar-refractivity contribution in [2.75, 3.05) is 18.0 Å². The molecule has 0 fully saturated rings. The van der Waals surface area contributed by atoms with Crippen molar-refractivity contribution in [3.05, 3.63) is 23.9 Å². The first-order chi connectivity index (χ1) is 8.33. The summed E-state index contributed by atoms with van der Waals surface area (Å²) in [5.41, 5.74) is 0.364. The van der Waals surface area contributed by atoms with E-state index in [0.717, 1.165) is 4.90 Å². The molecule has 0 amide bonds. The molecule has 0 aliphatic carbocycles. The van der Waals surface area contributed by atoms with Gasteiger partial charge in [0.15, 0.2) is 5.78 Å². The molecule has 0 unspecified atom stereocenters. The van der Waals surface area contributed by atoms with Crippen LogP contribution in [-0.2, 0) is 0 Å². The number of pyridine rings is 1. The number of carbonyl (C=O) groups excluding carboxylic acids is 1. The van der Waals surface area contributed by atoms with Crippen molar-refractivity contribution in [1.82, 2.24) is 4.98 Å². The van der Waals surface area contributed by atoms with Gasteiger partial charge in [0.05, 0.1) is 0 Å². The van der Waals surface area contributed by atoms with Crippen LogP contribution in [0, 0.1) is 0 Å². The van der Waals surface area contributed by atoms with Gasteiger partial charge >= 0.3 is 6.18 Å². The van der Waals surface area contributed by atoms with Crippen LogP contribution in [0.1, 0.15) is 30.6 Å². The van der Waals surface area contributed by atoms with Gasteiger partial charge in [-0.2, -0.15) is 13.2 Å². The molecule has 0 aromatic carbocycles. The smallest absolute Gasteiger partial charge is 0.348 e. The summed E-state index contributed by atoms with van der Waals surface area (Å²) in [7, 11) is 0. The van der Waals surface area contributed by atoms with Gasteiger partial charge in [0.2, 0.25) is 0 Å². The summed E-state index contributed by atoms with van der Waals surface area (Å²) < 4.78 is 37.3. The Balaban J connectivity index is 2.98. The molecule has 0 saturated carbocycles. The highest BCUT2D eigenvalue weighted by molar-refractivity contribution is 5.94. The van der Waals surface area contributed by atoms with E-state index in [1.54, 1.807) is 6.92 Å². The lowest BCUT2D eigenvalue weighted by Crippen LogP contribution is -2.35. The zero-order valence-electron chi connectivity index (χ0n) is 10.3. The lowest BCUT2D eigenvalue weighted by Gasteiger charge is -2.24. The number of anilines is 1. The molecule has 18 heavy (non-hydrogen) atoms. The maximum absolute atomic E-state index is 12.4. The van der Waals surface area contributed by atoms with Crippen molar-refractivity contribution in [2.45, 2.75) is 26.4 Å². The fourth-order valence-corrected chi connectivity index (χ4v) is 1.57. The minimum absolute atomic E-state index is 0.182. The second-order valence-corrected chi connectivity index (χ2v) is 4.00. The number of alkyl halides is 3. The molecule has 0 saturated heterocycles. The average Bonchev–Trinajstić information content (AvgIpc) is 2.27. The van der Waals surface area contributed by atoms with Gasteiger partial charge in [-0.1, -0.05) is 6.92 Å². The van der Waals surface area contributed by atoms with Crippen molar-refractivity contribution < 1.29 is 18.0 Å². The summed E-state index contributed by atoms with van der Waals surface area (Å²) in [4.78, 5) is 16.2. The number of hydrogen-bond acceptors (Lipinski definition) is 3. The van der Waals surface area contributed by atoms with E-state index in [1.165, 1.54) is 25.3 Å². The van der Waals surface area contributed by atoms with E-state index >= 15 is 0 Å². The van der Waals surface area contributed by atoms with Crippen molar-refractivity contribution >= 4 is 11.6 Å². The van der Waals surface area contributed by atoms with Gasteiger partial charge in [-0.15, -0.1) is 0 Å². The number of hydrogen-bond donors (Lipinski definition) is 0. The van der Waals surface area contributed by atoms with E-state index in [-0.39, 0.29) is 18.1 Å². The number of rotatable bonds is 5. The Morgan fingerprint density at radius 1 is 1.44 bits per heavy atom. The van der Waals surface area contributed by atoms with Gasteiger partial charge in [-0.25, -0.2) is 4.98 Å². The van der Waals surface area contributed by atoms with Crippen LogP contribution in [-0.4, -0.2) is 30.0 Å². The summed E-state index contributed by atoms with van der Waals surface area (Å²) >= 11 is 0. The molecular formula is C12H15F3N2O. The highest BCUT2D eigenvalue weighted by Gasteiger charge is 2.31. The summed E-state index contributed by atoms with van der Waals surface area (Å²) in [5.74, 6) is -0.0102. The van der Waals surface area contributed by atoms with Crippen LogP contribution in [0.15, 0.2) is 18.3 Å². The molecule has 1 aromatic rings. The van der Waals surface area contributed by atoms with E-state index in [0.29, 0.717) is 12.0 Å². The molecule has 0 aliphatic heterocycles. The number of carbonyl (C=O) groups is 1. The second kappa shape index (κ2) is 5.84. The van der Waals surface area contributed by atoms with E-state index in [1.807, 2.05) is 0 Å². The molecular weight excluding hydrogens is 245 g/mol. The van der Waals surface area contributed by atoms with Gasteiger partial charge in [0, 0.05) is 18.3 Å². The first-order valence-electron chi connectivity index (χ1n) is 5.62. The molecule has 1 aromatic heterocycles. The van der Waals surface area contributed by atoms with Crippen LogP contribution in [0.3, 0.4) is 0 Å². The minimum atomic E-state index is -4.29. The van der Waals surface area contributed by atoms with Crippen LogP contribution >= 0.6 is 0 Å². The average molecular weight is 260 g/mol. The van der Waals surface area contributed by atoms with Gasteiger partial charge in [0.1, 0.15) is 12.4 Å². The fraction of sp³-hybridized carbons (Fsp3) is 0.500. The molecule has 3 nitrogen and oxygen atoms in total. The molecule has 0 bridgehead atoms. The third kappa shape index (κ3) is 4.35. The summed E-state index contributed by atoms with van der Waals surface area (Å²) in [5, 5.41) is 0. The summed E-state index contributed by atoms with van der Waals surface area (Å²) in [6.45, 7) is 2.34. The Hall–Kier alpha value is -1.59. The lowest BCUT2D eigenvalue weighted by molar-refractivity contribution is -0.119. The molecule has 1 heterocycles. The maximum atomic E-state index is 12.4. The predicted molar refractivity (Wildman–Crippen MR) is 62.8 cm³/mol. The van der Waals surface area contributed by atoms with Gasteiger partial charge in [-0.3, -0.25) is 4.79 Å². The molecule has 0 N–H and O–H groups in total. The van der Waals surface area contributed by atoms with Gasteiger partial charge in [0.25, 0.3) is 0 Å². The summed E-state index contributed by atoms with van der Waals surface area (Å²) in [6, 6.07) is 2.88. The topological polar surface area (TPSA) is 33.2 Å². The largest absolute Gasteiger partial charge is 0.405 e. The Kier molecular flexibility index (Phi) is 4.69. The first-order valence-corrected chi connectivity index (χ1v) is 5.62. The van der Waals surface area contributed by atoms with Gasteiger partial charge < -0.3 is 4.90 Å². The monoisotopic (exact) mass is 260 g/mol. The minimum Gasteiger partial charge on any atom is -0.348 e. The standard InChI is InChI=1S/C12H15F3N2O/c1-3-6-17(8-12(13,14)15)11-7-10(9(2)18)4-5-16-11/h4-5,7H,3,6,8H2,1-2H3. The number of Topliss-reactive ketones (excluding diaryl/α,β-unsaturated/α-hetero) is 1. The molecule has 100 valence electrons. The third-order valence-electron chi connectivity index (χ3n) is 2.34. The Labute approximate surface area is 104 Å². The van der Waals surface area contributed by atoms with Crippen LogP contribution in [0.25, 0.3) is 0 Å². The van der Waals surface area contributed by atoms with Crippen LogP contribution in [0.4, 0.5) is 19.0 Å². The molecule has 0 radical (unpaired) electrons. The number of aromatic nitrogens is 1. The molecule has 0 aliphatic rings. The normalized spacial score (nSPS) is 11.4. The van der Waals surface area contributed by atoms with E-state index in [4.69, 9.17) is 0 Å². The van der Waals surface area contributed by atoms with E-state index in [9.17, 15) is 18.0 Å². The Morgan fingerprint density at radius 3 is 2.61 bits per heavy atom. The predicted octanol–water partition coefficient (Wildman–Crippen LogP) is 3.06. The fourth-order valence-electron chi connectivity index (χ4n) is 1.57. The highest BCUT2D eigenvalue weighted by Crippen LogP contribution is 2.21. The third-order valence-corrected chi connectivity index (χ3v) is 2.34. The quantitative estimate of drug-likeness (QED) is 0.763. The van der Waals surface area contributed by atoms with E-state index < -0.39 is 12.7 Å². The summed E-state index contributed by atoms with van der Waals surface area (Å²) in [6.07, 6.45) is -2.36. The number of nitrogens with zero attached hydrogens (tertiary/aromatic N) is 2. The first kappa shape index (κ1) is 14.5. The molecule has 0 atom stereocenters. The van der Waals surface area contributed by atoms with Crippen molar-refractivity contribution in [3.63, 3.8) is 0 Å². The molecule has 6 heteroatoms. The molecule has 1 rings (SSSR count). The SMILES string of the molecule is CCCN(CC(F)(F)F)c1cc(C(C)=O)ccn1. The van der Waals surface area contributed by atoms with Crippen molar-refractivity contribution in [2.24, 2.45) is 0 Å². The Morgan fingerprint density at radius 2 is 2.11 bits per heavy atom. The zero-order valence-corrected chi connectivity index (χ0v) is 10.3. The van der Waals surface area contributed by atoms with Crippen molar-refractivity contribution in [3.8, 4) is 0 Å². The second-order valence-electron chi connectivity index (χ2n) is 4.00. The highest BCUT2D eigenvalue weighted by atomic mass is 19.4. The number of ketones is 1. The van der Waals surface area contributed by atoms with Crippen LogP contribution in [0.5, 0.6) is 0 Å². The zero-order chi connectivity index (χ0) is 13.8. The number of halogens is 3. The van der Waals surface area contributed by atoms with Crippen molar-refractivity contribution in [1.29, 1.82) is 0 Å².